The fraction of sp³-hybridized carbons (Fsp3) is 0.308. The number of fused-ring (bicyclic) bond motifs is 1. The lowest BCUT2D eigenvalue weighted by Crippen LogP contribution is -2.16. The lowest BCUT2D eigenvalue weighted by Gasteiger charge is -2.08. The summed E-state index contributed by atoms with van der Waals surface area (Å²) in [7, 11) is -3.36. The van der Waals surface area contributed by atoms with Crippen molar-refractivity contribution in [3.8, 4) is 0 Å². The van der Waals surface area contributed by atoms with Gasteiger partial charge in [-0.1, -0.05) is 25.1 Å². The zero-order chi connectivity index (χ0) is 13.2. The number of nitrogens with zero attached hydrogens (tertiary/aromatic N) is 1. The number of rotatable bonds is 4. The number of alkyl halides is 1. The molecule has 0 aliphatic carbocycles. The van der Waals surface area contributed by atoms with Crippen molar-refractivity contribution in [1.82, 2.24) is 4.98 Å². The Hall–Kier alpha value is -1.13. The molecule has 1 atom stereocenters. The third kappa shape index (κ3) is 2.82. The highest BCUT2D eigenvalue weighted by molar-refractivity contribution is 7.91. The van der Waals surface area contributed by atoms with Gasteiger partial charge >= 0.3 is 0 Å². The Morgan fingerprint density at radius 1 is 1.22 bits per heavy atom. The van der Waals surface area contributed by atoms with Gasteiger partial charge in [0.25, 0.3) is 0 Å². The highest BCUT2D eigenvalue weighted by Gasteiger charge is 2.19. The number of hydrogen-bond acceptors (Lipinski definition) is 3. The molecule has 0 bridgehead atoms. The number of pyridine rings is 1. The quantitative estimate of drug-likeness (QED) is 0.811. The molecule has 2 aromatic rings. The van der Waals surface area contributed by atoms with E-state index in [9.17, 15) is 8.42 Å². The van der Waals surface area contributed by atoms with Crippen molar-refractivity contribution in [2.24, 2.45) is 5.92 Å². The molecule has 5 heteroatoms. The minimum atomic E-state index is -3.36. The summed E-state index contributed by atoms with van der Waals surface area (Å²) in [5, 5.41) is 1.06. The Balaban J connectivity index is 2.41. The Kier molecular flexibility index (Phi) is 3.88. The number of halogens is 1. The van der Waals surface area contributed by atoms with Gasteiger partial charge in [-0.2, -0.15) is 0 Å². The van der Waals surface area contributed by atoms with Gasteiger partial charge in [0.2, 0.25) is 0 Å². The van der Waals surface area contributed by atoms with Crippen molar-refractivity contribution < 1.29 is 8.42 Å². The molecule has 0 N–H and O–H groups in total. The van der Waals surface area contributed by atoms with Crippen LogP contribution in [0.1, 0.15) is 6.92 Å². The van der Waals surface area contributed by atoms with E-state index >= 15 is 0 Å². The fourth-order valence-electron chi connectivity index (χ4n) is 1.73. The summed E-state index contributed by atoms with van der Waals surface area (Å²) < 4.78 is 24.2. The molecule has 2 rings (SSSR count). The monoisotopic (exact) mass is 283 g/mol. The van der Waals surface area contributed by atoms with Crippen LogP contribution >= 0.6 is 11.6 Å². The number of hydrogen-bond donors (Lipinski definition) is 0. The van der Waals surface area contributed by atoms with Crippen LogP contribution in [0.5, 0.6) is 0 Å². The van der Waals surface area contributed by atoms with Crippen molar-refractivity contribution in [3.05, 3.63) is 36.4 Å². The molecule has 0 amide bonds. The second-order valence-electron chi connectivity index (χ2n) is 4.38. The van der Waals surface area contributed by atoms with E-state index < -0.39 is 9.84 Å². The molecule has 0 saturated heterocycles. The summed E-state index contributed by atoms with van der Waals surface area (Å²) in [6.45, 7) is 1.81. The van der Waals surface area contributed by atoms with Crippen LogP contribution in [0.3, 0.4) is 0 Å². The van der Waals surface area contributed by atoms with Gasteiger partial charge in [0.05, 0.1) is 11.3 Å². The Labute approximate surface area is 112 Å². The normalized spacial score (nSPS) is 13.7. The average molecular weight is 284 g/mol. The first-order chi connectivity index (χ1) is 8.53. The van der Waals surface area contributed by atoms with Crippen LogP contribution in [-0.2, 0) is 9.84 Å². The first kappa shape index (κ1) is 13.3. The highest BCUT2D eigenvalue weighted by atomic mass is 35.5. The van der Waals surface area contributed by atoms with E-state index in [4.69, 9.17) is 11.6 Å². The SMILES string of the molecule is CC(CCl)CS(=O)(=O)c1ccc2ccccc2n1. The summed E-state index contributed by atoms with van der Waals surface area (Å²) >= 11 is 5.66. The molecule has 1 heterocycles. The fourth-order valence-corrected chi connectivity index (χ4v) is 3.51. The minimum Gasteiger partial charge on any atom is -0.236 e. The molecule has 0 radical (unpaired) electrons. The molecular formula is C13H14ClNO2S. The molecule has 0 saturated carbocycles. The minimum absolute atomic E-state index is 0.0296. The van der Waals surface area contributed by atoms with E-state index in [0.29, 0.717) is 11.4 Å². The van der Waals surface area contributed by atoms with Crippen LogP contribution < -0.4 is 0 Å². The summed E-state index contributed by atoms with van der Waals surface area (Å²) in [6.07, 6.45) is 0. The maximum atomic E-state index is 12.1. The maximum Gasteiger partial charge on any atom is 0.195 e. The van der Waals surface area contributed by atoms with Crippen LogP contribution in [0.2, 0.25) is 0 Å². The summed E-state index contributed by atoms with van der Waals surface area (Å²) in [5.74, 6) is 0.277. The highest BCUT2D eigenvalue weighted by Crippen LogP contribution is 2.17. The van der Waals surface area contributed by atoms with E-state index in [1.165, 1.54) is 0 Å². The van der Waals surface area contributed by atoms with Crippen LogP contribution in [-0.4, -0.2) is 25.0 Å². The molecule has 18 heavy (non-hydrogen) atoms. The molecular weight excluding hydrogens is 270 g/mol. The first-order valence-electron chi connectivity index (χ1n) is 5.67. The largest absolute Gasteiger partial charge is 0.236 e. The second kappa shape index (κ2) is 5.24. The maximum absolute atomic E-state index is 12.1. The standard InChI is InChI=1S/C13H14ClNO2S/c1-10(8-14)9-18(16,17)13-7-6-11-4-2-3-5-12(11)15-13/h2-7,10H,8-9H2,1H3. The Bertz CT molecular complexity index is 655. The van der Waals surface area contributed by atoms with Crippen molar-refractivity contribution in [2.75, 3.05) is 11.6 Å². The van der Waals surface area contributed by atoms with Gasteiger partial charge in [-0.15, -0.1) is 11.6 Å². The summed E-state index contributed by atoms with van der Waals surface area (Å²) in [6, 6.07) is 10.8. The first-order valence-corrected chi connectivity index (χ1v) is 7.86. The molecule has 96 valence electrons. The molecule has 3 nitrogen and oxygen atoms in total. The van der Waals surface area contributed by atoms with Crippen molar-refractivity contribution in [2.45, 2.75) is 11.9 Å². The smallest absolute Gasteiger partial charge is 0.195 e. The van der Waals surface area contributed by atoms with Gasteiger partial charge in [0.15, 0.2) is 14.9 Å². The van der Waals surface area contributed by atoms with Gasteiger partial charge in [-0.05, 0) is 24.1 Å². The third-order valence-electron chi connectivity index (χ3n) is 2.66. The van der Waals surface area contributed by atoms with Gasteiger partial charge in [0.1, 0.15) is 0 Å². The number of benzene rings is 1. The van der Waals surface area contributed by atoms with E-state index in [1.807, 2.05) is 25.1 Å². The van der Waals surface area contributed by atoms with Crippen molar-refractivity contribution in [3.63, 3.8) is 0 Å². The summed E-state index contributed by atoms with van der Waals surface area (Å²) in [5.41, 5.74) is 0.692. The van der Waals surface area contributed by atoms with Crippen LogP contribution in [0, 0.1) is 5.92 Å². The van der Waals surface area contributed by atoms with Gasteiger partial charge in [-0.3, -0.25) is 0 Å². The predicted molar refractivity (Wildman–Crippen MR) is 73.7 cm³/mol. The lowest BCUT2D eigenvalue weighted by molar-refractivity contribution is 0.580. The van der Waals surface area contributed by atoms with Crippen LogP contribution in [0.4, 0.5) is 0 Å². The zero-order valence-corrected chi connectivity index (χ0v) is 11.6. The second-order valence-corrected chi connectivity index (χ2v) is 6.67. The molecule has 0 fully saturated rings. The molecule has 1 unspecified atom stereocenters. The number of aromatic nitrogens is 1. The molecule has 1 aromatic carbocycles. The van der Waals surface area contributed by atoms with Crippen LogP contribution in [0.25, 0.3) is 10.9 Å². The van der Waals surface area contributed by atoms with Crippen molar-refractivity contribution >= 4 is 32.3 Å². The third-order valence-corrected chi connectivity index (χ3v) is 5.06. The summed E-state index contributed by atoms with van der Waals surface area (Å²) in [4.78, 5) is 4.20. The van der Waals surface area contributed by atoms with Crippen LogP contribution in [0.15, 0.2) is 41.4 Å². The topological polar surface area (TPSA) is 47.0 Å². The number of para-hydroxylation sites is 1. The Morgan fingerprint density at radius 3 is 2.67 bits per heavy atom. The van der Waals surface area contributed by atoms with Crippen molar-refractivity contribution in [1.29, 1.82) is 0 Å². The van der Waals surface area contributed by atoms with E-state index in [-0.39, 0.29) is 16.7 Å². The van der Waals surface area contributed by atoms with Gasteiger partial charge < -0.3 is 0 Å². The predicted octanol–water partition coefficient (Wildman–Crippen LogP) is 2.88. The average Bonchev–Trinajstić information content (AvgIpc) is 2.37. The lowest BCUT2D eigenvalue weighted by atomic mass is 10.2. The van der Waals surface area contributed by atoms with E-state index in [2.05, 4.69) is 4.98 Å². The van der Waals surface area contributed by atoms with Gasteiger partial charge in [-0.25, -0.2) is 13.4 Å². The van der Waals surface area contributed by atoms with E-state index in [1.54, 1.807) is 18.2 Å². The molecule has 0 aliphatic rings. The van der Waals surface area contributed by atoms with E-state index in [0.717, 1.165) is 5.39 Å². The Morgan fingerprint density at radius 2 is 1.94 bits per heavy atom. The zero-order valence-electron chi connectivity index (χ0n) is 10.0. The molecule has 0 aliphatic heterocycles. The molecule has 0 spiro atoms. The van der Waals surface area contributed by atoms with Gasteiger partial charge in [0, 0.05) is 11.3 Å². The number of sulfone groups is 1. The molecule has 1 aromatic heterocycles.